The Bertz CT molecular complexity index is 1470. The van der Waals surface area contributed by atoms with Crippen LogP contribution in [0.5, 0.6) is 0 Å². The number of nitrogens with zero attached hydrogens (tertiary/aromatic N) is 6. The zero-order valence-corrected chi connectivity index (χ0v) is 19.1. The fourth-order valence-electron chi connectivity index (χ4n) is 4.55. The highest BCUT2D eigenvalue weighted by Crippen LogP contribution is 2.24. The van der Waals surface area contributed by atoms with Crippen LogP contribution in [0.4, 0.5) is 5.95 Å². The molecule has 170 valence electrons. The molecule has 3 aromatic heterocycles. The second-order valence-corrected chi connectivity index (χ2v) is 8.65. The fraction of sp³-hybridized carbons (Fsp3) is 0.417. The Morgan fingerprint density at radius 1 is 1.24 bits per heavy atom. The van der Waals surface area contributed by atoms with Crippen molar-refractivity contribution in [1.82, 2.24) is 24.3 Å². The lowest BCUT2D eigenvalue weighted by Crippen LogP contribution is -2.44. The van der Waals surface area contributed by atoms with Gasteiger partial charge in [-0.25, -0.2) is 14.6 Å². The smallest absolute Gasteiger partial charge is 0.293 e. The first-order valence-corrected chi connectivity index (χ1v) is 11.2. The molecule has 0 spiro atoms. The van der Waals surface area contributed by atoms with Gasteiger partial charge in [0.25, 0.3) is 5.56 Å². The van der Waals surface area contributed by atoms with Crippen molar-refractivity contribution < 1.29 is 4.42 Å². The van der Waals surface area contributed by atoms with Crippen LogP contribution in [0.15, 0.2) is 27.5 Å². The molecule has 4 heterocycles. The first-order valence-electron chi connectivity index (χ1n) is 11.2. The SMILES string of the molecule is CC#CCn1c(N2CCCC(N)C2)nc2cnn(Cc3nc4cc(C)cc(C)c4o3)c(=O)c21. The van der Waals surface area contributed by atoms with E-state index in [9.17, 15) is 4.79 Å². The van der Waals surface area contributed by atoms with E-state index in [-0.39, 0.29) is 18.1 Å². The maximum atomic E-state index is 13.5. The number of anilines is 1. The van der Waals surface area contributed by atoms with Crippen LogP contribution in [-0.4, -0.2) is 43.4 Å². The van der Waals surface area contributed by atoms with Crippen molar-refractivity contribution in [3.05, 3.63) is 45.7 Å². The second-order valence-electron chi connectivity index (χ2n) is 8.65. The van der Waals surface area contributed by atoms with Gasteiger partial charge in [0.05, 0.1) is 12.7 Å². The minimum atomic E-state index is -0.249. The highest BCUT2D eigenvalue weighted by molar-refractivity contribution is 5.78. The van der Waals surface area contributed by atoms with E-state index in [1.807, 2.05) is 24.5 Å². The summed E-state index contributed by atoms with van der Waals surface area (Å²) in [6.07, 6.45) is 3.60. The molecule has 2 N–H and O–H groups in total. The molecule has 33 heavy (non-hydrogen) atoms. The number of rotatable bonds is 4. The van der Waals surface area contributed by atoms with Crippen molar-refractivity contribution in [1.29, 1.82) is 0 Å². The lowest BCUT2D eigenvalue weighted by Gasteiger charge is -2.31. The molecule has 0 bridgehead atoms. The molecule has 0 amide bonds. The molecule has 1 atom stereocenters. The molecular weight excluding hydrogens is 418 g/mol. The van der Waals surface area contributed by atoms with E-state index in [0.29, 0.717) is 36.0 Å². The Kier molecular flexibility index (Phi) is 5.38. The molecule has 9 heteroatoms. The van der Waals surface area contributed by atoms with Crippen molar-refractivity contribution in [3.63, 3.8) is 0 Å². The van der Waals surface area contributed by atoms with E-state index in [0.717, 1.165) is 41.6 Å². The van der Waals surface area contributed by atoms with Gasteiger partial charge in [0, 0.05) is 19.1 Å². The van der Waals surface area contributed by atoms with Gasteiger partial charge in [0.2, 0.25) is 11.8 Å². The van der Waals surface area contributed by atoms with Crippen LogP contribution in [0.25, 0.3) is 22.1 Å². The number of piperidine rings is 1. The van der Waals surface area contributed by atoms with Crippen molar-refractivity contribution >= 4 is 28.1 Å². The largest absolute Gasteiger partial charge is 0.438 e. The van der Waals surface area contributed by atoms with E-state index < -0.39 is 0 Å². The highest BCUT2D eigenvalue weighted by atomic mass is 16.3. The number of hydrogen-bond donors (Lipinski definition) is 1. The summed E-state index contributed by atoms with van der Waals surface area (Å²) in [5.74, 6) is 7.15. The lowest BCUT2D eigenvalue weighted by molar-refractivity contribution is 0.481. The summed E-state index contributed by atoms with van der Waals surface area (Å²) < 4.78 is 9.21. The molecule has 9 nitrogen and oxygen atoms in total. The summed E-state index contributed by atoms with van der Waals surface area (Å²) in [6, 6.07) is 4.11. The van der Waals surface area contributed by atoms with Crippen LogP contribution in [-0.2, 0) is 13.1 Å². The van der Waals surface area contributed by atoms with Crippen molar-refractivity contribution in [2.24, 2.45) is 5.73 Å². The Hall–Kier alpha value is -3.64. The minimum Gasteiger partial charge on any atom is -0.438 e. The quantitative estimate of drug-likeness (QED) is 0.480. The molecule has 0 radical (unpaired) electrons. The summed E-state index contributed by atoms with van der Waals surface area (Å²) in [6.45, 7) is 7.85. The minimum absolute atomic E-state index is 0.0882. The molecule has 4 aromatic rings. The van der Waals surface area contributed by atoms with Gasteiger partial charge in [0.1, 0.15) is 23.1 Å². The van der Waals surface area contributed by atoms with Gasteiger partial charge in [-0.1, -0.05) is 12.0 Å². The maximum Gasteiger partial charge on any atom is 0.293 e. The average Bonchev–Trinajstić information content (AvgIpc) is 3.36. The fourth-order valence-corrected chi connectivity index (χ4v) is 4.55. The number of fused-ring (bicyclic) bond motifs is 2. The number of aryl methyl sites for hydroxylation is 2. The maximum absolute atomic E-state index is 13.5. The van der Waals surface area contributed by atoms with Crippen molar-refractivity contribution in [3.8, 4) is 11.8 Å². The molecular formula is C24H27N7O2. The van der Waals surface area contributed by atoms with Gasteiger partial charge in [-0.15, -0.1) is 5.92 Å². The predicted molar refractivity (Wildman–Crippen MR) is 127 cm³/mol. The first kappa shape index (κ1) is 21.2. The third-order valence-corrected chi connectivity index (χ3v) is 6.03. The van der Waals surface area contributed by atoms with Gasteiger partial charge in [-0.05, 0) is 50.8 Å². The van der Waals surface area contributed by atoms with Crippen molar-refractivity contribution in [2.75, 3.05) is 18.0 Å². The molecule has 1 unspecified atom stereocenters. The molecule has 1 saturated heterocycles. The summed E-state index contributed by atoms with van der Waals surface area (Å²) in [4.78, 5) is 24.9. The van der Waals surface area contributed by atoms with Crippen LogP contribution < -0.4 is 16.2 Å². The molecule has 1 aliphatic rings. The zero-order chi connectivity index (χ0) is 23.1. The number of oxazole rings is 1. The standard InChI is InChI=1S/C24H27N7O2/c1-4-5-9-30-21-19(28-24(30)29-8-6-7-17(25)13-29)12-26-31(23(21)32)14-20-27-18-11-15(2)10-16(3)22(18)33-20/h10-12,17H,6-9,13-14,25H2,1-3H3. The van der Waals surface area contributed by atoms with E-state index in [4.69, 9.17) is 15.1 Å². The molecule has 5 rings (SSSR count). The van der Waals surface area contributed by atoms with Crippen LogP contribution >= 0.6 is 0 Å². The van der Waals surface area contributed by atoms with Crippen LogP contribution in [0.3, 0.4) is 0 Å². The summed E-state index contributed by atoms with van der Waals surface area (Å²) in [5.41, 5.74) is 10.6. The number of hydrogen-bond acceptors (Lipinski definition) is 7. The van der Waals surface area contributed by atoms with Crippen LogP contribution in [0, 0.1) is 25.7 Å². The monoisotopic (exact) mass is 445 g/mol. The molecule has 0 aliphatic carbocycles. The average molecular weight is 446 g/mol. The molecule has 1 aliphatic heterocycles. The number of nitrogens with two attached hydrogens (primary N) is 1. The van der Waals surface area contributed by atoms with E-state index in [1.165, 1.54) is 4.68 Å². The third-order valence-electron chi connectivity index (χ3n) is 6.03. The lowest BCUT2D eigenvalue weighted by atomic mass is 10.1. The molecule has 1 aromatic carbocycles. The van der Waals surface area contributed by atoms with Gasteiger partial charge < -0.3 is 15.1 Å². The Morgan fingerprint density at radius 2 is 2.09 bits per heavy atom. The summed E-state index contributed by atoms with van der Waals surface area (Å²) >= 11 is 0. The van der Waals surface area contributed by atoms with E-state index in [1.54, 1.807) is 13.1 Å². The van der Waals surface area contributed by atoms with Crippen LogP contribution in [0.1, 0.15) is 36.8 Å². The van der Waals surface area contributed by atoms with Gasteiger partial charge in [-0.3, -0.25) is 9.36 Å². The van der Waals surface area contributed by atoms with E-state index in [2.05, 4.69) is 32.9 Å². The first-order chi connectivity index (χ1) is 15.9. The number of imidazole rings is 1. The van der Waals surface area contributed by atoms with Gasteiger partial charge >= 0.3 is 0 Å². The Morgan fingerprint density at radius 3 is 2.88 bits per heavy atom. The molecule has 1 fully saturated rings. The zero-order valence-electron chi connectivity index (χ0n) is 19.1. The molecule has 0 saturated carbocycles. The normalized spacial score (nSPS) is 16.4. The summed E-state index contributed by atoms with van der Waals surface area (Å²) in [5, 5.41) is 4.36. The number of benzene rings is 1. The summed E-state index contributed by atoms with van der Waals surface area (Å²) in [7, 11) is 0. The van der Waals surface area contributed by atoms with Gasteiger partial charge in [-0.2, -0.15) is 5.10 Å². The predicted octanol–water partition coefficient (Wildman–Crippen LogP) is 2.35. The van der Waals surface area contributed by atoms with E-state index >= 15 is 0 Å². The number of aromatic nitrogens is 5. The van der Waals surface area contributed by atoms with Gasteiger partial charge in [0.15, 0.2) is 5.58 Å². The van der Waals surface area contributed by atoms with Crippen LogP contribution in [0.2, 0.25) is 0 Å². The van der Waals surface area contributed by atoms with Crippen molar-refractivity contribution in [2.45, 2.75) is 52.7 Å². The topological polar surface area (TPSA) is 108 Å². The Balaban J connectivity index is 1.58. The Labute approximate surface area is 191 Å². The third kappa shape index (κ3) is 3.87. The highest BCUT2D eigenvalue weighted by Gasteiger charge is 2.24. The second kappa shape index (κ2) is 8.37.